The third-order valence-corrected chi connectivity index (χ3v) is 2.97. The van der Waals surface area contributed by atoms with Crippen LogP contribution in [0.1, 0.15) is 27.2 Å². The number of ether oxygens (including phenoxy) is 1. The summed E-state index contributed by atoms with van der Waals surface area (Å²) in [7, 11) is 0. The zero-order chi connectivity index (χ0) is 11.7. The van der Waals surface area contributed by atoms with Crippen molar-refractivity contribution in [1.29, 1.82) is 5.26 Å². The van der Waals surface area contributed by atoms with Crippen LogP contribution in [0.25, 0.3) is 0 Å². The SMILES string of the molecule is CC(CCN=C=O)C(C)C(C)COC#N. The van der Waals surface area contributed by atoms with Gasteiger partial charge in [0.2, 0.25) is 6.08 Å². The number of nitrogens with zero attached hydrogens (tertiary/aromatic N) is 2. The van der Waals surface area contributed by atoms with Crippen LogP contribution < -0.4 is 0 Å². The van der Waals surface area contributed by atoms with E-state index in [9.17, 15) is 4.79 Å². The molecule has 0 amide bonds. The molecule has 3 unspecified atom stereocenters. The Bertz CT molecular complexity index is 254. The Hall–Kier alpha value is -1.33. The van der Waals surface area contributed by atoms with Crippen molar-refractivity contribution in [2.75, 3.05) is 13.2 Å². The van der Waals surface area contributed by atoms with Crippen molar-refractivity contribution >= 4 is 6.08 Å². The molecule has 0 bridgehead atoms. The summed E-state index contributed by atoms with van der Waals surface area (Å²) in [5.74, 6) is 1.24. The van der Waals surface area contributed by atoms with Gasteiger partial charge in [0.15, 0.2) is 0 Å². The van der Waals surface area contributed by atoms with Crippen molar-refractivity contribution in [2.45, 2.75) is 27.2 Å². The second-order valence-corrected chi connectivity index (χ2v) is 3.98. The van der Waals surface area contributed by atoms with Crippen LogP contribution in [0.3, 0.4) is 0 Å². The van der Waals surface area contributed by atoms with Crippen LogP contribution in [0, 0.1) is 29.3 Å². The first kappa shape index (κ1) is 13.7. The maximum atomic E-state index is 9.88. The van der Waals surface area contributed by atoms with Gasteiger partial charge >= 0.3 is 0 Å². The van der Waals surface area contributed by atoms with Gasteiger partial charge in [-0.05, 0) is 24.2 Å². The van der Waals surface area contributed by atoms with E-state index in [1.54, 1.807) is 6.26 Å². The summed E-state index contributed by atoms with van der Waals surface area (Å²) in [5, 5.41) is 8.28. The Labute approximate surface area is 91.0 Å². The van der Waals surface area contributed by atoms with Gasteiger partial charge in [0.05, 0.1) is 6.54 Å². The number of hydrogen-bond donors (Lipinski definition) is 0. The normalized spacial score (nSPS) is 15.6. The molecule has 0 aromatic heterocycles. The van der Waals surface area contributed by atoms with Crippen LogP contribution in [0.5, 0.6) is 0 Å². The molecule has 0 aliphatic heterocycles. The van der Waals surface area contributed by atoms with E-state index in [1.165, 1.54) is 6.08 Å². The van der Waals surface area contributed by atoms with Crippen LogP contribution >= 0.6 is 0 Å². The van der Waals surface area contributed by atoms with E-state index in [1.807, 2.05) is 0 Å². The van der Waals surface area contributed by atoms with E-state index in [2.05, 4.69) is 25.8 Å². The lowest BCUT2D eigenvalue weighted by molar-refractivity contribution is 0.154. The van der Waals surface area contributed by atoms with Gasteiger partial charge < -0.3 is 4.74 Å². The fourth-order valence-electron chi connectivity index (χ4n) is 1.46. The summed E-state index contributed by atoms with van der Waals surface area (Å²) in [5.41, 5.74) is 0. The van der Waals surface area contributed by atoms with E-state index in [-0.39, 0.29) is 0 Å². The maximum Gasteiger partial charge on any atom is 0.286 e. The number of nitriles is 1. The van der Waals surface area contributed by atoms with Crippen LogP contribution in [0.4, 0.5) is 0 Å². The lowest BCUT2D eigenvalue weighted by atomic mass is 9.83. The van der Waals surface area contributed by atoms with Gasteiger partial charge in [-0.2, -0.15) is 5.26 Å². The second-order valence-electron chi connectivity index (χ2n) is 3.98. The highest BCUT2D eigenvalue weighted by Crippen LogP contribution is 2.23. The Balaban J connectivity index is 3.90. The van der Waals surface area contributed by atoms with Crippen molar-refractivity contribution in [2.24, 2.45) is 22.7 Å². The molecule has 0 aromatic rings. The molecule has 4 heteroatoms. The quantitative estimate of drug-likeness (QED) is 0.367. The molecular formula is C11H18N2O2. The van der Waals surface area contributed by atoms with Gasteiger partial charge in [0.1, 0.15) is 6.61 Å². The molecule has 0 radical (unpaired) electrons. The zero-order valence-corrected chi connectivity index (χ0v) is 9.56. The molecule has 0 aliphatic carbocycles. The first-order valence-electron chi connectivity index (χ1n) is 5.18. The van der Waals surface area contributed by atoms with Gasteiger partial charge in [-0.1, -0.05) is 20.8 Å². The van der Waals surface area contributed by atoms with Crippen LogP contribution in [0.2, 0.25) is 0 Å². The van der Waals surface area contributed by atoms with Crippen molar-refractivity contribution in [1.82, 2.24) is 0 Å². The van der Waals surface area contributed by atoms with Crippen molar-refractivity contribution in [3.63, 3.8) is 0 Å². The van der Waals surface area contributed by atoms with Gasteiger partial charge in [-0.25, -0.2) is 9.79 Å². The molecular weight excluding hydrogens is 192 g/mol. The van der Waals surface area contributed by atoms with Crippen molar-refractivity contribution in [3.05, 3.63) is 0 Å². The maximum absolute atomic E-state index is 9.88. The van der Waals surface area contributed by atoms with E-state index in [0.717, 1.165) is 6.42 Å². The molecule has 84 valence electrons. The molecule has 0 saturated carbocycles. The standard InChI is InChI=1S/C11H18N2O2/c1-9(4-5-13-8-14)11(3)10(2)6-15-7-12/h9-11H,4-6H2,1-3H3. The summed E-state index contributed by atoms with van der Waals surface area (Å²) in [6, 6.07) is 0. The molecule has 0 rings (SSSR count). The second kappa shape index (κ2) is 8.02. The number of rotatable bonds is 7. The van der Waals surface area contributed by atoms with E-state index >= 15 is 0 Å². The average molecular weight is 210 g/mol. The summed E-state index contributed by atoms with van der Waals surface area (Å²) in [4.78, 5) is 13.4. The van der Waals surface area contributed by atoms with Crippen molar-refractivity contribution < 1.29 is 9.53 Å². The molecule has 0 N–H and O–H groups in total. The summed E-state index contributed by atoms with van der Waals surface area (Å²) in [6.07, 6.45) is 4.08. The minimum atomic E-state index is 0.333. The van der Waals surface area contributed by atoms with Gasteiger partial charge in [-0.15, -0.1) is 0 Å². The van der Waals surface area contributed by atoms with Gasteiger partial charge in [0.25, 0.3) is 6.26 Å². The predicted molar refractivity (Wildman–Crippen MR) is 56.7 cm³/mol. The highest BCUT2D eigenvalue weighted by atomic mass is 16.5. The minimum Gasteiger partial charge on any atom is -0.427 e. The average Bonchev–Trinajstić information content (AvgIpc) is 2.24. The molecule has 0 aliphatic rings. The Morgan fingerprint density at radius 3 is 2.53 bits per heavy atom. The van der Waals surface area contributed by atoms with Crippen LogP contribution in [-0.4, -0.2) is 19.2 Å². The Morgan fingerprint density at radius 2 is 2.00 bits per heavy atom. The third kappa shape index (κ3) is 5.87. The van der Waals surface area contributed by atoms with E-state index in [4.69, 9.17) is 10.00 Å². The number of isocyanates is 1. The molecule has 3 atom stereocenters. The zero-order valence-electron chi connectivity index (χ0n) is 9.56. The smallest absolute Gasteiger partial charge is 0.286 e. The topological polar surface area (TPSA) is 62.4 Å². The van der Waals surface area contributed by atoms with Gasteiger partial charge in [-0.3, -0.25) is 0 Å². The molecule has 0 spiro atoms. The molecule has 4 nitrogen and oxygen atoms in total. The van der Waals surface area contributed by atoms with E-state index in [0.29, 0.717) is 30.9 Å². The Kier molecular flexibility index (Phi) is 7.31. The molecule has 0 aromatic carbocycles. The van der Waals surface area contributed by atoms with E-state index < -0.39 is 0 Å². The molecule has 0 fully saturated rings. The molecule has 0 saturated heterocycles. The van der Waals surface area contributed by atoms with Crippen molar-refractivity contribution in [3.8, 4) is 6.26 Å². The summed E-state index contributed by atoms with van der Waals surface area (Å²) < 4.78 is 4.71. The molecule has 15 heavy (non-hydrogen) atoms. The minimum absolute atomic E-state index is 0.333. The fraction of sp³-hybridized carbons (Fsp3) is 0.818. The fourth-order valence-corrected chi connectivity index (χ4v) is 1.46. The Morgan fingerprint density at radius 1 is 1.33 bits per heavy atom. The lowest BCUT2D eigenvalue weighted by Crippen LogP contribution is -2.20. The number of aliphatic imine (C=N–C) groups is 1. The monoisotopic (exact) mass is 210 g/mol. The highest BCUT2D eigenvalue weighted by molar-refractivity contribution is 5.32. The first-order chi connectivity index (χ1) is 7.13. The van der Waals surface area contributed by atoms with Crippen LogP contribution in [0.15, 0.2) is 4.99 Å². The third-order valence-electron chi connectivity index (χ3n) is 2.97. The van der Waals surface area contributed by atoms with Crippen LogP contribution in [-0.2, 0) is 9.53 Å². The van der Waals surface area contributed by atoms with Gasteiger partial charge in [0, 0.05) is 0 Å². The predicted octanol–water partition coefficient (Wildman–Crippen LogP) is 2.12. The largest absolute Gasteiger partial charge is 0.427 e. The lowest BCUT2D eigenvalue weighted by Gasteiger charge is -2.24. The highest BCUT2D eigenvalue weighted by Gasteiger charge is 2.19. The summed E-state index contributed by atoms with van der Waals surface area (Å²) >= 11 is 0. The number of carbonyl (C=O) groups excluding carboxylic acids is 1. The molecule has 0 heterocycles. The first-order valence-corrected chi connectivity index (χ1v) is 5.18. The summed E-state index contributed by atoms with van der Waals surface area (Å²) in [6.45, 7) is 7.29. The number of hydrogen-bond acceptors (Lipinski definition) is 4.